The van der Waals surface area contributed by atoms with Crippen LogP contribution in [0, 0.1) is 0 Å². The van der Waals surface area contributed by atoms with Crippen molar-refractivity contribution in [3.8, 4) is 11.3 Å². The van der Waals surface area contributed by atoms with Crippen LogP contribution in [0.4, 0.5) is 0 Å². The van der Waals surface area contributed by atoms with Crippen LogP contribution in [0.5, 0.6) is 0 Å². The summed E-state index contributed by atoms with van der Waals surface area (Å²) in [6.45, 7) is 1.63. The van der Waals surface area contributed by atoms with Crippen LogP contribution in [-0.2, 0) is 14.3 Å². The van der Waals surface area contributed by atoms with Gasteiger partial charge in [0.15, 0.2) is 0 Å². The van der Waals surface area contributed by atoms with Gasteiger partial charge >= 0.3 is 0 Å². The molecule has 2 aliphatic rings. The number of aliphatic imine (C=N–C) groups is 1. The van der Waals surface area contributed by atoms with Gasteiger partial charge in [0.25, 0.3) is 5.91 Å². The fourth-order valence-electron chi connectivity index (χ4n) is 3.90. The molecule has 1 aromatic heterocycles. The van der Waals surface area contributed by atoms with Crippen molar-refractivity contribution in [1.82, 2.24) is 19.9 Å². The standard InChI is InChI=1S/C22H19N5O3/c1-15(28)26-14-22(24-19(13-30-22)17-10-6-3-7-11-17)20(21(26)29)27-23-12-18(25-27)16-8-4-2-5-9-16/h2-12,20H,13-14H2,1H3. The van der Waals surface area contributed by atoms with E-state index in [0.29, 0.717) is 5.69 Å². The highest BCUT2D eigenvalue weighted by Gasteiger charge is 2.59. The SMILES string of the molecule is CC(=O)N1CC2(N=C(c3ccccc3)CO2)C(n2ncc(-c3ccccc3)n2)C1=O. The molecular formula is C22H19N5O3. The number of rotatable bonds is 3. The van der Waals surface area contributed by atoms with Gasteiger partial charge in [-0.3, -0.25) is 14.5 Å². The third kappa shape index (κ3) is 2.93. The minimum absolute atomic E-state index is 0.0321. The van der Waals surface area contributed by atoms with Crippen LogP contribution in [0.1, 0.15) is 18.5 Å². The molecule has 2 aromatic carbocycles. The number of aromatic nitrogens is 3. The lowest BCUT2D eigenvalue weighted by molar-refractivity contribution is -0.142. The lowest BCUT2D eigenvalue weighted by Gasteiger charge is -2.23. The highest BCUT2D eigenvalue weighted by molar-refractivity contribution is 6.04. The Morgan fingerprint density at radius 1 is 1.07 bits per heavy atom. The molecule has 5 rings (SSSR count). The number of ether oxygens (including phenoxy) is 1. The molecule has 150 valence electrons. The average Bonchev–Trinajstić information content (AvgIpc) is 3.48. The molecule has 0 saturated carbocycles. The molecule has 1 saturated heterocycles. The van der Waals surface area contributed by atoms with Crippen LogP contribution >= 0.6 is 0 Å². The number of carbonyl (C=O) groups is 2. The maximum absolute atomic E-state index is 13.2. The Hall–Kier alpha value is -3.65. The summed E-state index contributed by atoms with van der Waals surface area (Å²) >= 11 is 0. The topological polar surface area (TPSA) is 89.7 Å². The van der Waals surface area contributed by atoms with E-state index in [0.717, 1.165) is 21.7 Å². The van der Waals surface area contributed by atoms with E-state index in [-0.39, 0.29) is 19.1 Å². The minimum Gasteiger partial charge on any atom is -0.343 e. The molecule has 0 bridgehead atoms. The van der Waals surface area contributed by atoms with Crippen molar-refractivity contribution in [1.29, 1.82) is 0 Å². The van der Waals surface area contributed by atoms with Gasteiger partial charge in [0, 0.05) is 12.5 Å². The van der Waals surface area contributed by atoms with E-state index >= 15 is 0 Å². The van der Waals surface area contributed by atoms with Gasteiger partial charge in [-0.05, 0) is 5.56 Å². The first-order valence-electron chi connectivity index (χ1n) is 9.65. The van der Waals surface area contributed by atoms with Crippen molar-refractivity contribution in [2.45, 2.75) is 18.7 Å². The van der Waals surface area contributed by atoms with Crippen LogP contribution < -0.4 is 0 Å². The van der Waals surface area contributed by atoms with Gasteiger partial charge in [-0.25, -0.2) is 4.99 Å². The smallest absolute Gasteiger partial charge is 0.261 e. The Kier molecular flexibility index (Phi) is 4.29. The quantitative estimate of drug-likeness (QED) is 0.670. The molecule has 3 aromatic rings. The molecule has 30 heavy (non-hydrogen) atoms. The third-order valence-electron chi connectivity index (χ3n) is 5.39. The fourth-order valence-corrected chi connectivity index (χ4v) is 3.90. The summed E-state index contributed by atoms with van der Waals surface area (Å²) in [6.07, 6.45) is 1.60. The summed E-state index contributed by atoms with van der Waals surface area (Å²) < 4.78 is 6.08. The Bertz CT molecular complexity index is 1140. The van der Waals surface area contributed by atoms with E-state index in [1.165, 1.54) is 11.7 Å². The zero-order chi connectivity index (χ0) is 20.7. The average molecular weight is 401 g/mol. The lowest BCUT2D eigenvalue weighted by Crippen LogP contribution is -2.39. The molecule has 0 radical (unpaired) electrons. The summed E-state index contributed by atoms with van der Waals surface area (Å²) in [5.41, 5.74) is 1.91. The van der Waals surface area contributed by atoms with Crippen LogP contribution in [0.25, 0.3) is 11.3 Å². The third-order valence-corrected chi connectivity index (χ3v) is 5.39. The molecule has 2 aliphatic heterocycles. The fraction of sp³-hybridized carbons (Fsp3) is 0.227. The number of amides is 2. The van der Waals surface area contributed by atoms with E-state index in [1.807, 2.05) is 60.7 Å². The summed E-state index contributed by atoms with van der Waals surface area (Å²) in [7, 11) is 0. The summed E-state index contributed by atoms with van der Waals surface area (Å²) in [6, 6.07) is 18.3. The first-order chi connectivity index (χ1) is 14.6. The number of hydrogen-bond acceptors (Lipinski definition) is 6. The summed E-state index contributed by atoms with van der Waals surface area (Å²) in [5, 5.41) is 8.85. The van der Waals surface area contributed by atoms with Crippen LogP contribution in [-0.4, -0.2) is 56.3 Å². The number of likely N-dealkylation sites (tertiary alicyclic amines) is 1. The van der Waals surface area contributed by atoms with Crippen molar-refractivity contribution in [2.24, 2.45) is 4.99 Å². The van der Waals surface area contributed by atoms with E-state index in [2.05, 4.69) is 10.2 Å². The summed E-state index contributed by atoms with van der Waals surface area (Å²) in [4.78, 5) is 32.5. The second-order valence-electron chi connectivity index (χ2n) is 7.32. The number of hydrogen-bond donors (Lipinski definition) is 0. The maximum atomic E-state index is 13.2. The van der Waals surface area contributed by atoms with Gasteiger partial charge in [0.05, 0.1) is 25.1 Å². The van der Waals surface area contributed by atoms with Gasteiger partial charge in [0.1, 0.15) is 5.69 Å². The molecule has 2 unspecified atom stereocenters. The number of imide groups is 1. The summed E-state index contributed by atoms with van der Waals surface area (Å²) in [5.74, 6) is -0.778. The van der Waals surface area contributed by atoms with Crippen LogP contribution in [0.3, 0.4) is 0 Å². The highest BCUT2D eigenvalue weighted by Crippen LogP contribution is 2.40. The van der Waals surface area contributed by atoms with Gasteiger partial charge in [-0.1, -0.05) is 60.7 Å². The molecule has 0 N–H and O–H groups in total. The molecule has 1 spiro atoms. The number of nitrogens with zero attached hydrogens (tertiary/aromatic N) is 5. The van der Waals surface area contributed by atoms with Gasteiger partial charge in [0.2, 0.25) is 17.7 Å². The van der Waals surface area contributed by atoms with Gasteiger partial charge in [-0.2, -0.15) is 15.0 Å². The van der Waals surface area contributed by atoms with Gasteiger partial charge in [-0.15, -0.1) is 0 Å². The zero-order valence-electron chi connectivity index (χ0n) is 16.3. The second-order valence-corrected chi connectivity index (χ2v) is 7.32. The van der Waals surface area contributed by atoms with Crippen molar-refractivity contribution < 1.29 is 14.3 Å². The minimum atomic E-state index is -1.25. The van der Waals surface area contributed by atoms with Crippen molar-refractivity contribution in [3.05, 3.63) is 72.4 Å². The van der Waals surface area contributed by atoms with Crippen molar-refractivity contribution in [2.75, 3.05) is 13.2 Å². The first-order valence-corrected chi connectivity index (χ1v) is 9.65. The zero-order valence-corrected chi connectivity index (χ0v) is 16.3. The Labute approximate surface area is 172 Å². The maximum Gasteiger partial charge on any atom is 0.261 e. The van der Waals surface area contributed by atoms with E-state index in [9.17, 15) is 9.59 Å². The lowest BCUT2D eigenvalue weighted by atomic mass is 10.1. The molecule has 1 fully saturated rings. The molecule has 8 heteroatoms. The Balaban J connectivity index is 1.57. The molecule has 2 amide bonds. The first kappa shape index (κ1) is 18.4. The largest absolute Gasteiger partial charge is 0.343 e. The van der Waals surface area contributed by atoms with E-state index in [1.54, 1.807) is 6.20 Å². The van der Waals surface area contributed by atoms with E-state index in [4.69, 9.17) is 9.73 Å². The van der Waals surface area contributed by atoms with Crippen LogP contribution in [0.2, 0.25) is 0 Å². The number of carbonyl (C=O) groups excluding carboxylic acids is 2. The Morgan fingerprint density at radius 3 is 2.40 bits per heavy atom. The van der Waals surface area contributed by atoms with Crippen LogP contribution in [0.15, 0.2) is 71.9 Å². The van der Waals surface area contributed by atoms with Gasteiger partial charge < -0.3 is 4.74 Å². The monoisotopic (exact) mass is 401 g/mol. The molecular weight excluding hydrogens is 382 g/mol. The molecule has 3 heterocycles. The molecule has 8 nitrogen and oxygen atoms in total. The second kappa shape index (κ2) is 7.00. The van der Waals surface area contributed by atoms with Crippen molar-refractivity contribution in [3.63, 3.8) is 0 Å². The predicted octanol–water partition coefficient (Wildman–Crippen LogP) is 2.09. The Morgan fingerprint density at radius 2 is 1.73 bits per heavy atom. The van der Waals surface area contributed by atoms with E-state index < -0.39 is 17.7 Å². The highest BCUT2D eigenvalue weighted by atomic mass is 16.5. The number of benzene rings is 2. The van der Waals surface area contributed by atoms with Crippen molar-refractivity contribution >= 4 is 17.5 Å². The molecule has 0 aliphatic carbocycles. The molecule has 2 atom stereocenters. The normalized spacial score (nSPS) is 23.2. The predicted molar refractivity (Wildman–Crippen MR) is 109 cm³/mol.